The quantitative estimate of drug-likeness (QED) is 0.396. The summed E-state index contributed by atoms with van der Waals surface area (Å²) in [6.07, 6.45) is 0. The van der Waals surface area contributed by atoms with Gasteiger partial charge >= 0.3 is 6.03 Å². The molecule has 2 amide bonds. The fourth-order valence-electron chi connectivity index (χ4n) is 0.174. The van der Waals surface area contributed by atoms with E-state index in [2.05, 4.69) is 5.73 Å². The summed E-state index contributed by atoms with van der Waals surface area (Å²) in [7, 11) is 0. The van der Waals surface area contributed by atoms with Crippen LogP contribution in [-0.4, -0.2) is 12.6 Å². The molecular weight excluding hydrogens is 96.0 g/mol. The summed E-state index contributed by atoms with van der Waals surface area (Å²) in [6, 6.07) is -0.845. The van der Waals surface area contributed by atoms with Crippen LogP contribution in [0, 0.1) is 5.21 Å². The average Bonchev–Trinajstić information content (AvgIpc) is 1.65. The lowest BCUT2D eigenvalue weighted by molar-refractivity contribution is -0.755. The van der Waals surface area contributed by atoms with Gasteiger partial charge in [0.2, 0.25) is 0 Å². The molecule has 42 valence electrons. The minimum Gasteiger partial charge on any atom is -0.625 e. The predicted octanol–water partition coefficient (Wildman–Crippen LogP) is -1.53. The molecule has 4 heteroatoms. The van der Waals surface area contributed by atoms with Crippen molar-refractivity contribution in [2.45, 2.75) is 6.92 Å². The molecule has 0 heterocycles. The fourth-order valence-corrected chi connectivity index (χ4v) is 0.174. The largest absolute Gasteiger partial charge is 0.625 e. The second-order valence-electron chi connectivity index (χ2n) is 1.14. The van der Waals surface area contributed by atoms with Crippen molar-refractivity contribution in [2.24, 2.45) is 5.73 Å². The Morgan fingerprint density at radius 3 is 2.43 bits per heavy atom. The molecule has 4 nitrogen and oxygen atoms in total. The number of urea groups is 1. The van der Waals surface area contributed by atoms with Crippen LogP contribution in [-0.2, 0) is 0 Å². The Balaban J connectivity index is 3.34. The second-order valence-corrected chi connectivity index (χ2v) is 1.14. The van der Waals surface area contributed by atoms with E-state index >= 15 is 0 Å². The number of hydrogen-bond acceptors (Lipinski definition) is 2. The first-order chi connectivity index (χ1) is 3.18. The standard InChI is InChI=1S/C3H8N2O2/c1-2-5(7)3(4)6/h5H,2H2,1H3,(H2,4,6). The highest BCUT2D eigenvalue weighted by Crippen LogP contribution is 1.41. The molecule has 1 atom stereocenters. The molecule has 0 spiro atoms. The van der Waals surface area contributed by atoms with Crippen molar-refractivity contribution in [1.29, 1.82) is 0 Å². The Morgan fingerprint density at radius 2 is 2.43 bits per heavy atom. The van der Waals surface area contributed by atoms with Gasteiger partial charge in [0.05, 0.1) is 6.54 Å². The Kier molecular flexibility index (Phi) is 2.32. The third kappa shape index (κ3) is 2.13. The Bertz CT molecular complexity index is 73.3. The van der Waals surface area contributed by atoms with Gasteiger partial charge in [-0.2, -0.15) is 0 Å². The van der Waals surface area contributed by atoms with Gasteiger partial charge < -0.3 is 10.9 Å². The molecule has 1 unspecified atom stereocenters. The van der Waals surface area contributed by atoms with Crippen molar-refractivity contribution in [3.05, 3.63) is 5.21 Å². The minimum absolute atomic E-state index is 0.204. The van der Waals surface area contributed by atoms with Gasteiger partial charge in [-0.05, 0) is 6.92 Å². The van der Waals surface area contributed by atoms with Gasteiger partial charge in [0.25, 0.3) is 0 Å². The molecule has 0 aromatic rings. The summed E-state index contributed by atoms with van der Waals surface area (Å²) in [5.41, 5.74) is 4.56. The summed E-state index contributed by atoms with van der Waals surface area (Å²) in [4.78, 5) is 9.80. The van der Waals surface area contributed by atoms with Gasteiger partial charge in [0.1, 0.15) is 0 Å². The molecular formula is C3H8N2O2. The molecule has 3 N–H and O–H groups in total. The number of rotatable bonds is 1. The molecule has 0 fully saturated rings. The molecule has 7 heavy (non-hydrogen) atoms. The van der Waals surface area contributed by atoms with Gasteiger partial charge in [0, 0.05) is 0 Å². The van der Waals surface area contributed by atoms with Gasteiger partial charge in [-0.15, -0.1) is 0 Å². The Labute approximate surface area is 41.5 Å². The van der Waals surface area contributed by atoms with Crippen molar-refractivity contribution in [3.63, 3.8) is 0 Å². The van der Waals surface area contributed by atoms with Crippen molar-refractivity contribution in [3.8, 4) is 0 Å². The van der Waals surface area contributed by atoms with Crippen molar-refractivity contribution in [2.75, 3.05) is 6.54 Å². The van der Waals surface area contributed by atoms with E-state index in [0.29, 0.717) is 0 Å². The molecule has 0 aromatic carbocycles. The highest BCUT2D eigenvalue weighted by molar-refractivity contribution is 5.61. The Hall–Kier alpha value is -0.610. The van der Waals surface area contributed by atoms with Crippen LogP contribution in [0.5, 0.6) is 0 Å². The molecule has 0 aliphatic carbocycles. The summed E-state index contributed by atoms with van der Waals surface area (Å²) in [6.45, 7) is 1.79. The van der Waals surface area contributed by atoms with E-state index in [9.17, 15) is 10.0 Å². The number of hydroxylamine groups is 2. The number of quaternary nitrogens is 1. The lowest BCUT2D eigenvalue weighted by atomic mass is 10.7. The lowest BCUT2D eigenvalue weighted by Gasteiger charge is -2.12. The van der Waals surface area contributed by atoms with Crippen LogP contribution in [0.1, 0.15) is 6.92 Å². The molecule has 0 bridgehead atoms. The number of amides is 2. The highest BCUT2D eigenvalue weighted by atomic mass is 16.5. The molecule has 0 radical (unpaired) electrons. The molecule has 0 aliphatic rings. The number of carbonyl (C=O) groups is 1. The van der Waals surface area contributed by atoms with E-state index in [1.807, 2.05) is 0 Å². The first-order valence-electron chi connectivity index (χ1n) is 2.01. The van der Waals surface area contributed by atoms with Crippen LogP contribution < -0.4 is 10.8 Å². The topological polar surface area (TPSA) is 70.6 Å². The maximum absolute atomic E-state index is 10.0. The normalized spacial score (nSPS) is 13.4. The van der Waals surface area contributed by atoms with Crippen LogP contribution >= 0.6 is 0 Å². The predicted molar refractivity (Wildman–Crippen MR) is 24.5 cm³/mol. The van der Waals surface area contributed by atoms with Gasteiger partial charge in [-0.3, -0.25) is 5.06 Å². The molecule has 0 aliphatic heterocycles. The van der Waals surface area contributed by atoms with Crippen molar-refractivity contribution < 1.29 is 9.86 Å². The van der Waals surface area contributed by atoms with Crippen LogP contribution in [0.4, 0.5) is 4.79 Å². The van der Waals surface area contributed by atoms with E-state index in [-0.39, 0.29) is 6.54 Å². The fraction of sp³-hybridized carbons (Fsp3) is 0.667. The number of carbonyl (C=O) groups excluding carboxylic acids is 1. The minimum atomic E-state index is -0.845. The van der Waals surface area contributed by atoms with E-state index in [4.69, 9.17) is 0 Å². The van der Waals surface area contributed by atoms with Crippen LogP contribution in [0.15, 0.2) is 0 Å². The second kappa shape index (κ2) is 2.54. The zero-order chi connectivity index (χ0) is 5.86. The first kappa shape index (κ1) is 6.39. The Morgan fingerprint density at radius 1 is 2.00 bits per heavy atom. The van der Waals surface area contributed by atoms with Crippen molar-refractivity contribution >= 4 is 6.03 Å². The summed E-state index contributed by atoms with van der Waals surface area (Å²) in [5.74, 6) is 0. The van der Waals surface area contributed by atoms with Crippen LogP contribution in [0.2, 0.25) is 0 Å². The maximum atomic E-state index is 10.0. The summed E-state index contributed by atoms with van der Waals surface area (Å²) >= 11 is 0. The molecule has 0 saturated carbocycles. The number of nitrogens with two attached hydrogens (primary N) is 1. The van der Waals surface area contributed by atoms with Crippen LogP contribution in [0.25, 0.3) is 0 Å². The van der Waals surface area contributed by atoms with Crippen molar-refractivity contribution in [1.82, 2.24) is 0 Å². The molecule has 0 saturated heterocycles. The first-order valence-corrected chi connectivity index (χ1v) is 2.01. The maximum Gasteiger partial charge on any atom is 0.412 e. The van der Waals surface area contributed by atoms with E-state index in [1.165, 1.54) is 0 Å². The van der Waals surface area contributed by atoms with E-state index < -0.39 is 11.1 Å². The summed E-state index contributed by atoms with van der Waals surface area (Å²) < 4.78 is 0. The van der Waals surface area contributed by atoms with E-state index in [0.717, 1.165) is 0 Å². The number of primary amides is 1. The average molecular weight is 104 g/mol. The molecule has 0 rings (SSSR count). The zero-order valence-electron chi connectivity index (χ0n) is 4.10. The monoisotopic (exact) mass is 104 g/mol. The SMILES string of the molecule is CC[NH+]([O-])C(N)=O. The third-order valence-corrected chi connectivity index (χ3v) is 0.596. The van der Waals surface area contributed by atoms with E-state index in [1.54, 1.807) is 6.92 Å². The lowest BCUT2D eigenvalue weighted by Crippen LogP contribution is -3.11. The third-order valence-electron chi connectivity index (χ3n) is 0.596. The van der Waals surface area contributed by atoms with Gasteiger partial charge in [-0.25, -0.2) is 4.79 Å². The number of hydrogen-bond donors (Lipinski definition) is 2. The zero-order valence-corrected chi connectivity index (χ0v) is 4.10. The van der Waals surface area contributed by atoms with Crippen LogP contribution in [0.3, 0.4) is 0 Å². The summed E-state index contributed by atoms with van der Waals surface area (Å²) in [5, 5.41) is 9.52. The van der Waals surface area contributed by atoms with Gasteiger partial charge in [0.15, 0.2) is 0 Å². The smallest absolute Gasteiger partial charge is 0.412 e. The van der Waals surface area contributed by atoms with Gasteiger partial charge in [-0.1, -0.05) is 0 Å². The number of nitrogens with one attached hydrogen (secondary N) is 1. The highest BCUT2D eigenvalue weighted by Gasteiger charge is 1.96. The molecule has 0 aromatic heterocycles.